The highest BCUT2D eigenvalue weighted by Gasteiger charge is 2.58. The van der Waals surface area contributed by atoms with E-state index in [0.29, 0.717) is 43.1 Å². The van der Waals surface area contributed by atoms with Gasteiger partial charge in [0.05, 0.1) is 12.1 Å². The quantitative estimate of drug-likeness (QED) is 0.344. The number of rotatable bonds is 4. The van der Waals surface area contributed by atoms with Crippen molar-refractivity contribution in [1.82, 2.24) is 10.2 Å². The lowest BCUT2D eigenvalue weighted by Crippen LogP contribution is -2.58. The number of carbonyl (C=O) groups is 1. The number of nitrogens with zero attached hydrogens (tertiary/aromatic N) is 3. The van der Waals surface area contributed by atoms with Crippen LogP contribution in [0.3, 0.4) is 0 Å². The molecule has 5 fully saturated rings. The molecule has 3 N–H and O–H groups in total. The number of alkyl halides is 1. The molecule has 7 heteroatoms. The largest absolute Gasteiger partial charge is 0.369 e. The highest BCUT2D eigenvalue weighted by atomic mass is 19.1. The first-order valence-electron chi connectivity index (χ1n) is 9.82. The zero-order chi connectivity index (χ0) is 18.5. The van der Waals surface area contributed by atoms with Crippen LogP contribution in [0.2, 0.25) is 0 Å². The average molecular weight is 361 g/mol. The molecule has 0 aromatic heterocycles. The van der Waals surface area contributed by atoms with Gasteiger partial charge in [0.1, 0.15) is 12.0 Å². The van der Waals surface area contributed by atoms with Crippen molar-refractivity contribution in [3.8, 4) is 6.19 Å². The summed E-state index contributed by atoms with van der Waals surface area (Å²) < 4.78 is 13.6. The van der Waals surface area contributed by atoms with Crippen LogP contribution in [0.1, 0.15) is 45.4 Å². The van der Waals surface area contributed by atoms with Gasteiger partial charge < -0.3 is 5.73 Å². The standard InChI is InChI=1S/C19H28FN5O/c1-11(25-3-2-15(20)9-25)17(23-10-21)24-16-13-4-12-5-14(16)8-19(6-12,7-13)18(22)26/h11-16H,2-9H2,1H3,(H2,22,26)(H,23,24). The summed E-state index contributed by atoms with van der Waals surface area (Å²) in [6, 6.07) is 0.0405. The van der Waals surface area contributed by atoms with E-state index in [1.807, 2.05) is 13.1 Å². The third-order valence-corrected chi connectivity index (χ3v) is 7.32. The van der Waals surface area contributed by atoms with Gasteiger partial charge in [-0.25, -0.2) is 4.39 Å². The molecule has 142 valence electrons. The second-order valence-corrected chi connectivity index (χ2v) is 8.91. The second kappa shape index (κ2) is 6.49. The highest BCUT2D eigenvalue weighted by Crippen LogP contribution is 2.60. The van der Waals surface area contributed by atoms with E-state index < -0.39 is 6.17 Å². The molecule has 0 aromatic carbocycles. The monoisotopic (exact) mass is 361 g/mol. The minimum Gasteiger partial charge on any atom is -0.369 e. The molecular formula is C19H28FN5O. The van der Waals surface area contributed by atoms with Gasteiger partial charge in [0.25, 0.3) is 0 Å². The Labute approximate surface area is 154 Å². The SMILES string of the molecule is CC(C(=NC1C2CC3CC1CC(C(N)=O)(C3)C2)NC#N)N1CCC(F)C1. The fourth-order valence-electron chi connectivity index (χ4n) is 6.24. The van der Waals surface area contributed by atoms with Crippen LogP contribution < -0.4 is 11.1 Å². The molecular weight excluding hydrogens is 333 g/mol. The molecule has 4 bridgehead atoms. The van der Waals surface area contributed by atoms with Crippen LogP contribution in [-0.2, 0) is 4.79 Å². The predicted octanol–water partition coefficient (Wildman–Crippen LogP) is 1.57. The molecule has 1 saturated heterocycles. The number of nitriles is 1. The van der Waals surface area contributed by atoms with Gasteiger partial charge in [-0.3, -0.25) is 20.0 Å². The fraction of sp³-hybridized carbons (Fsp3) is 0.842. The number of aliphatic imine (C=N–C) groups is 1. The lowest BCUT2D eigenvalue weighted by molar-refractivity contribution is -0.144. The smallest absolute Gasteiger partial charge is 0.223 e. The molecule has 4 saturated carbocycles. The summed E-state index contributed by atoms with van der Waals surface area (Å²) in [7, 11) is 0. The van der Waals surface area contributed by atoms with Crippen molar-refractivity contribution in [2.75, 3.05) is 13.1 Å². The first kappa shape index (κ1) is 17.7. The first-order valence-corrected chi connectivity index (χ1v) is 9.82. The van der Waals surface area contributed by atoms with Gasteiger partial charge in [0, 0.05) is 18.5 Å². The molecule has 4 unspecified atom stereocenters. The number of hydrogen-bond donors (Lipinski definition) is 2. The van der Waals surface area contributed by atoms with Crippen molar-refractivity contribution in [2.45, 2.75) is 63.7 Å². The van der Waals surface area contributed by atoms with Gasteiger partial charge in [0.15, 0.2) is 6.19 Å². The van der Waals surface area contributed by atoms with E-state index in [1.54, 1.807) is 0 Å². The number of carbonyl (C=O) groups excluding carboxylic acids is 1. The minimum absolute atomic E-state index is 0.0994. The normalized spacial score (nSPS) is 43.3. The zero-order valence-corrected chi connectivity index (χ0v) is 15.3. The maximum absolute atomic E-state index is 13.6. The van der Waals surface area contributed by atoms with E-state index in [4.69, 9.17) is 10.7 Å². The maximum atomic E-state index is 13.6. The molecule has 1 aliphatic heterocycles. The van der Waals surface area contributed by atoms with E-state index in [0.717, 1.165) is 32.1 Å². The van der Waals surface area contributed by atoms with Gasteiger partial charge in [-0.05, 0) is 63.2 Å². The summed E-state index contributed by atoms with van der Waals surface area (Å²) in [6.07, 6.45) is 6.55. The number of likely N-dealkylation sites (tertiary alicyclic amines) is 1. The van der Waals surface area contributed by atoms with E-state index in [2.05, 4.69) is 10.2 Å². The van der Waals surface area contributed by atoms with Crippen LogP contribution in [0, 0.1) is 34.6 Å². The van der Waals surface area contributed by atoms with Crippen molar-refractivity contribution >= 4 is 11.7 Å². The van der Waals surface area contributed by atoms with Gasteiger partial charge >= 0.3 is 0 Å². The van der Waals surface area contributed by atoms with Gasteiger partial charge in [-0.2, -0.15) is 5.26 Å². The molecule has 1 heterocycles. The Bertz CT molecular complexity index is 643. The Kier molecular flexibility index (Phi) is 4.42. The number of amides is 1. The van der Waals surface area contributed by atoms with Crippen LogP contribution in [0.15, 0.2) is 4.99 Å². The lowest BCUT2D eigenvalue weighted by Gasteiger charge is -2.57. The Hall–Kier alpha value is -1.68. The van der Waals surface area contributed by atoms with Crippen LogP contribution >= 0.6 is 0 Å². The van der Waals surface area contributed by atoms with Gasteiger partial charge in [0.2, 0.25) is 5.91 Å². The molecule has 6 nitrogen and oxygen atoms in total. The van der Waals surface area contributed by atoms with Crippen molar-refractivity contribution in [3.05, 3.63) is 0 Å². The average Bonchev–Trinajstić information content (AvgIpc) is 3.02. The molecule has 0 aromatic rings. The number of primary amides is 1. The minimum atomic E-state index is -0.794. The highest BCUT2D eigenvalue weighted by molar-refractivity contribution is 5.88. The topological polar surface area (TPSA) is 94.5 Å². The fourth-order valence-corrected chi connectivity index (χ4v) is 6.24. The number of nitrogens with two attached hydrogens (primary N) is 1. The van der Waals surface area contributed by atoms with Crippen molar-refractivity contribution in [3.63, 3.8) is 0 Å². The van der Waals surface area contributed by atoms with Crippen molar-refractivity contribution < 1.29 is 9.18 Å². The molecule has 0 radical (unpaired) electrons. The van der Waals surface area contributed by atoms with Crippen molar-refractivity contribution in [1.29, 1.82) is 5.26 Å². The van der Waals surface area contributed by atoms with E-state index in [1.165, 1.54) is 0 Å². The maximum Gasteiger partial charge on any atom is 0.223 e. The van der Waals surface area contributed by atoms with E-state index in [9.17, 15) is 14.4 Å². The molecule has 5 rings (SSSR count). The molecule has 4 aliphatic carbocycles. The third-order valence-electron chi connectivity index (χ3n) is 7.32. The Morgan fingerprint density at radius 3 is 2.62 bits per heavy atom. The summed E-state index contributed by atoms with van der Waals surface area (Å²) >= 11 is 0. The van der Waals surface area contributed by atoms with Gasteiger partial charge in [-0.1, -0.05) is 0 Å². The Morgan fingerprint density at radius 2 is 2.08 bits per heavy atom. The molecule has 26 heavy (non-hydrogen) atoms. The van der Waals surface area contributed by atoms with Gasteiger partial charge in [-0.15, -0.1) is 0 Å². The number of amidine groups is 1. The molecule has 5 aliphatic rings. The number of nitrogens with one attached hydrogen (secondary N) is 1. The number of halogens is 1. The summed E-state index contributed by atoms with van der Waals surface area (Å²) in [6.45, 7) is 3.08. The van der Waals surface area contributed by atoms with Crippen LogP contribution in [0.4, 0.5) is 4.39 Å². The summed E-state index contributed by atoms with van der Waals surface area (Å²) in [4.78, 5) is 19.1. The summed E-state index contributed by atoms with van der Waals surface area (Å²) in [5.41, 5.74) is 5.43. The van der Waals surface area contributed by atoms with E-state index >= 15 is 0 Å². The zero-order valence-electron chi connectivity index (χ0n) is 15.3. The number of hydrogen-bond acceptors (Lipinski definition) is 4. The summed E-state index contributed by atoms with van der Waals surface area (Å²) in [5.74, 6) is 1.82. The predicted molar refractivity (Wildman–Crippen MR) is 95.7 cm³/mol. The van der Waals surface area contributed by atoms with Crippen molar-refractivity contribution in [2.24, 2.45) is 33.9 Å². The lowest BCUT2D eigenvalue weighted by atomic mass is 9.48. The molecule has 1 amide bonds. The molecule has 0 spiro atoms. The van der Waals surface area contributed by atoms with E-state index in [-0.39, 0.29) is 23.4 Å². The third kappa shape index (κ3) is 2.88. The van der Waals surface area contributed by atoms with Crippen LogP contribution in [-0.4, -0.2) is 48.0 Å². The second-order valence-electron chi connectivity index (χ2n) is 8.91. The van der Waals surface area contributed by atoms with Crippen LogP contribution in [0.5, 0.6) is 0 Å². The van der Waals surface area contributed by atoms with Crippen LogP contribution in [0.25, 0.3) is 0 Å². The summed E-state index contributed by atoms with van der Waals surface area (Å²) in [5, 5.41) is 11.9. The Morgan fingerprint density at radius 1 is 1.38 bits per heavy atom. The molecule has 4 atom stereocenters. The Balaban J connectivity index is 1.56. The first-order chi connectivity index (χ1) is 12.4.